The summed E-state index contributed by atoms with van der Waals surface area (Å²) in [6.45, 7) is 2.63. The molecule has 2 aliphatic heterocycles. The summed E-state index contributed by atoms with van der Waals surface area (Å²) in [4.78, 5) is 0. The fourth-order valence-electron chi connectivity index (χ4n) is 2.13. The fraction of sp³-hybridized carbons (Fsp3) is 1.00. The van der Waals surface area contributed by atoms with Crippen molar-refractivity contribution in [3.63, 3.8) is 0 Å². The first-order valence-electron chi connectivity index (χ1n) is 5.28. The van der Waals surface area contributed by atoms with E-state index in [2.05, 4.69) is 0 Å². The number of hydrogen-bond acceptors (Lipinski definition) is 3. The molecule has 0 bridgehead atoms. The molecule has 2 heterocycles. The van der Waals surface area contributed by atoms with Gasteiger partial charge in [-0.15, -0.1) is 0 Å². The molecule has 0 saturated carbocycles. The SMILES string of the molecule is O=S(=O)(C1CCOCC1)N1CCCC1. The lowest BCUT2D eigenvalue weighted by molar-refractivity contribution is 0.0974. The Hall–Kier alpha value is -0.130. The summed E-state index contributed by atoms with van der Waals surface area (Å²) >= 11 is 0. The molecule has 2 aliphatic rings. The van der Waals surface area contributed by atoms with Crippen LogP contribution in [0.25, 0.3) is 0 Å². The van der Waals surface area contributed by atoms with Crippen LogP contribution in [0, 0.1) is 0 Å². The van der Waals surface area contributed by atoms with Gasteiger partial charge in [0, 0.05) is 26.3 Å². The first-order chi connectivity index (χ1) is 6.71. The second kappa shape index (κ2) is 4.16. The molecule has 0 spiro atoms. The van der Waals surface area contributed by atoms with E-state index >= 15 is 0 Å². The summed E-state index contributed by atoms with van der Waals surface area (Å²) in [5, 5.41) is -0.186. The molecule has 5 heteroatoms. The van der Waals surface area contributed by atoms with Crippen molar-refractivity contribution < 1.29 is 13.2 Å². The molecule has 0 atom stereocenters. The van der Waals surface area contributed by atoms with Crippen molar-refractivity contribution in [2.45, 2.75) is 30.9 Å². The van der Waals surface area contributed by atoms with Gasteiger partial charge in [0.25, 0.3) is 0 Å². The maximum Gasteiger partial charge on any atom is 0.217 e. The summed E-state index contributed by atoms with van der Waals surface area (Å²) in [6.07, 6.45) is 3.36. The molecule has 2 saturated heterocycles. The number of rotatable bonds is 2. The number of sulfonamides is 1. The summed E-state index contributed by atoms with van der Waals surface area (Å²) in [5.74, 6) is 0. The van der Waals surface area contributed by atoms with Crippen LogP contribution < -0.4 is 0 Å². The van der Waals surface area contributed by atoms with Crippen LogP contribution in [0.4, 0.5) is 0 Å². The van der Waals surface area contributed by atoms with Gasteiger partial charge in [-0.2, -0.15) is 0 Å². The van der Waals surface area contributed by atoms with Crippen LogP contribution >= 0.6 is 0 Å². The molecular weight excluding hydrogens is 202 g/mol. The predicted molar refractivity (Wildman–Crippen MR) is 53.6 cm³/mol. The van der Waals surface area contributed by atoms with Crippen molar-refractivity contribution in [3.05, 3.63) is 0 Å². The topological polar surface area (TPSA) is 46.6 Å². The van der Waals surface area contributed by atoms with E-state index in [-0.39, 0.29) is 5.25 Å². The van der Waals surface area contributed by atoms with Gasteiger partial charge in [0.05, 0.1) is 5.25 Å². The fourth-order valence-corrected chi connectivity index (χ4v) is 4.10. The highest BCUT2D eigenvalue weighted by molar-refractivity contribution is 7.89. The largest absolute Gasteiger partial charge is 0.381 e. The Labute approximate surface area is 85.3 Å². The third-order valence-corrected chi connectivity index (χ3v) is 5.41. The first kappa shape index (κ1) is 10.4. The average Bonchev–Trinajstić information content (AvgIpc) is 2.72. The highest BCUT2D eigenvalue weighted by atomic mass is 32.2. The van der Waals surface area contributed by atoms with Gasteiger partial charge in [-0.3, -0.25) is 0 Å². The molecule has 14 heavy (non-hydrogen) atoms. The van der Waals surface area contributed by atoms with Crippen molar-refractivity contribution in [3.8, 4) is 0 Å². The van der Waals surface area contributed by atoms with Gasteiger partial charge >= 0.3 is 0 Å². The molecule has 0 N–H and O–H groups in total. The third-order valence-electron chi connectivity index (χ3n) is 3.01. The molecule has 0 aromatic rings. The maximum atomic E-state index is 12.1. The smallest absolute Gasteiger partial charge is 0.217 e. The molecule has 0 aromatic carbocycles. The van der Waals surface area contributed by atoms with E-state index in [0.29, 0.717) is 26.1 Å². The quantitative estimate of drug-likeness (QED) is 0.683. The zero-order valence-electron chi connectivity index (χ0n) is 8.31. The second-order valence-electron chi connectivity index (χ2n) is 3.96. The number of ether oxygens (including phenoxy) is 1. The number of nitrogens with zero attached hydrogens (tertiary/aromatic N) is 1. The standard InChI is InChI=1S/C9H17NO3S/c11-14(12,10-5-1-2-6-10)9-3-7-13-8-4-9/h9H,1-8H2. The lowest BCUT2D eigenvalue weighted by atomic mass is 10.2. The third kappa shape index (κ3) is 1.94. The summed E-state index contributed by atoms with van der Waals surface area (Å²) in [6, 6.07) is 0. The summed E-state index contributed by atoms with van der Waals surface area (Å²) in [5.41, 5.74) is 0. The lowest BCUT2D eigenvalue weighted by Gasteiger charge is -2.26. The first-order valence-corrected chi connectivity index (χ1v) is 6.78. The predicted octanol–water partition coefficient (Wildman–Crippen LogP) is 0.591. The van der Waals surface area contributed by atoms with E-state index in [1.807, 2.05) is 0 Å². The van der Waals surface area contributed by atoms with Crippen LogP contribution in [-0.4, -0.2) is 44.3 Å². The summed E-state index contributed by atoms with van der Waals surface area (Å²) < 4.78 is 30.9. The van der Waals surface area contributed by atoms with E-state index in [1.54, 1.807) is 4.31 Å². The Morgan fingerprint density at radius 2 is 1.64 bits per heavy atom. The molecule has 2 rings (SSSR count). The van der Waals surface area contributed by atoms with Gasteiger partial charge in [0.15, 0.2) is 0 Å². The van der Waals surface area contributed by atoms with Crippen LogP contribution in [0.15, 0.2) is 0 Å². The van der Waals surface area contributed by atoms with Crippen LogP contribution in [0.1, 0.15) is 25.7 Å². The van der Waals surface area contributed by atoms with Crippen LogP contribution in [0.5, 0.6) is 0 Å². The van der Waals surface area contributed by atoms with Crippen molar-refractivity contribution in [1.82, 2.24) is 4.31 Å². The Bertz CT molecular complexity index is 276. The minimum atomic E-state index is -3.01. The van der Waals surface area contributed by atoms with Gasteiger partial charge in [-0.25, -0.2) is 12.7 Å². The Kier molecular flexibility index (Phi) is 3.09. The van der Waals surface area contributed by atoms with Crippen molar-refractivity contribution in [1.29, 1.82) is 0 Å². The maximum absolute atomic E-state index is 12.1. The molecule has 4 nitrogen and oxygen atoms in total. The minimum absolute atomic E-state index is 0.186. The highest BCUT2D eigenvalue weighted by Gasteiger charge is 2.34. The molecule has 0 radical (unpaired) electrons. The van der Waals surface area contributed by atoms with E-state index in [4.69, 9.17) is 4.74 Å². The molecule has 0 amide bonds. The molecule has 0 unspecified atom stereocenters. The van der Waals surface area contributed by atoms with Crippen molar-refractivity contribution >= 4 is 10.0 Å². The van der Waals surface area contributed by atoms with Crippen molar-refractivity contribution in [2.24, 2.45) is 0 Å². The monoisotopic (exact) mass is 219 g/mol. The molecule has 2 fully saturated rings. The van der Waals surface area contributed by atoms with Crippen LogP contribution in [-0.2, 0) is 14.8 Å². The van der Waals surface area contributed by atoms with E-state index in [1.165, 1.54) is 0 Å². The summed E-state index contributed by atoms with van der Waals surface area (Å²) in [7, 11) is -3.01. The van der Waals surface area contributed by atoms with E-state index < -0.39 is 10.0 Å². The van der Waals surface area contributed by atoms with Crippen LogP contribution in [0.2, 0.25) is 0 Å². The van der Waals surface area contributed by atoms with Gasteiger partial charge in [0.2, 0.25) is 10.0 Å². The van der Waals surface area contributed by atoms with Gasteiger partial charge in [-0.05, 0) is 25.7 Å². The van der Waals surface area contributed by atoms with E-state index in [0.717, 1.165) is 25.9 Å². The minimum Gasteiger partial charge on any atom is -0.381 e. The Morgan fingerprint density at radius 3 is 2.21 bits per heavy atom. The van der Waals surface area contributed by atoms with Crippen molar-refractivity contribution in [2.75, 3.05) is 26.3 Å². The van der Waals surface area contributed by atoms with Crippen LogP contribution in [0.3, 0.4) is 0 Å². The van der Waals surface area contributed by atoms with Gasteiger partial charge in [0.1, 0.15) is 0 Å². The molecule has 0 aromatic heterocycles. The molecule has 82 valence electrons. The molecule has 0 aliphatic carbocycles. The zero-order chi connectivity index (χ0) is 10.0. The number of hydrogen-bond donors (Lipinski definition) is 0. The highest BCUT2D eigenvalue weighted by Crippen LogP contribution is 2.22. The average molecular weight is 219 g/mol. The Balaban J connectivity index is 2.05. The zero-order valence-corrected chi connectivity index (χ0v) is 9.13. The normalized spacial score (nSPS) is 26.9. The van der Waals surface area contributed by atoms with Gasteiger partial charge in [-0.1, -0.05) is 0 Å². The van der Waals surface area contributed by atoms with Gasteiger partial charge < -0.3 is 4.74 Å². The Morgan fingerprint density at radius 1 is 1.07 bits per heavy atom. The second-order valence-corrected chi connectivity index (χ2v) is 6.18. The lowest BCUT2D eigenvalue weighted by Crippen LogP contribution is -2.39. The van der Waals surface area contributed by atoms with E-state index in [9.17, 15) is 8.42 Å². The molecular formula is C9H17NO3S.